The molecule has 158 valence electrons. The molecular formula is C20H34IN5O2. The molecule has 1 fully saturated rings. The zero-order valence-electron chi connectivity index (χ0n) is 17.4. The van der Waals surface area contributed by atoms with Gasteiger partial charge in [-0.25, -0.2) is 4.99 Å². The van der Waals surface area contributed by atoms with Crippen molar-refractivity contribution in [3.05, 3.63) is 29.8 Å². The van der Waals surface area contributed by atoms with Crippen LogP contribution < -0.4 is 10.6 Å². The average Bonchev–Trinajstić information content (AvgIpc) is 3.11. The van der Waals surface area contributed by atoms with E-state index in [1.165, 1.54) is 0 Å². The fraction of sp³-hybridized carbons (Fsp3) is 0.600. The second kappa shape index (κ2) is 12.9. The molecule has 0 saturated carbocycles. The Morgan fingerprint density at radius 1 is 1.32 bits per heavy atom. The molecule has 28 heavy (non-hydrogen) atoms. The Morgan fingerprint density at radius 3 is 2.75 bits per heavy atom. The molecular weight excluding hydrogens is 469 g/mol. The van der Waals surface area contributed by atoms with Crippen molar-refractivity contribution in [1.82, 2.24) is 15.1 Å². The lowest BCUT2D eigenvalue weighted by Crippen LogP contribution is -2.41. The van der Waals surface area contributed by atoms with Crippen LogP contribution >= 0.6 is 24.0 Å². The van der Waals surface area contributed by atoms with Crippen molar-refractivity contribution in [3.63, 3.8) is 0 Å². The number of ether oxygens (including phenoxy) is 1. The van der Waals surface area contributed by atoms with Crippen LogP contribution in [0.2, 0.25) is 0 Å². The third kappa shape index (κ3) is 8.74. The molecule has 1 aliphatic rings. The molecule has 0 aliphatic carbocycles. The number of benzene rings is 1. The molecule has 1 aromatic carbocycles. The van der Waals surface area contributed by atoms with Gasteiger partial charge in [-0.3, -0.25) is 4.79 Å². The van der Waals surface area contributed by atoms with E-state index in [0.717, 1.165) is 49.9 Å². The number of hydrogen-bond donors (Lipinski definition) is 2. The number of aliphatic imine (C=N–C) groups is 1. The maximum Gasteiger partial charge on any atom is 0.238 e. The maximum atomic E-state index is 11.9. The third-order valence-electron chi connectivity index (χ3n) is 4.33. The predicted octanol–water partition coefficient (Wildman–Crippen LogP) is 2.24. The van der Waals surface area contributed by atoms with Gasteiger partial charge in [0.2, 0.25) is 5.91 Å². The first-order valence-electron chi connectivity index (χ1n) is 9.58. The van der Waals surface area contributed by atoms with Gasteiger partial charge in [0.05, 0.1) is 19.7 Å². The van der Waals surface area contributed by atoms with Crippen LogP contribution in [-0.2, 0) is 16.1 Å². The summed E-state index contributed by atoms with van der Waals surface area (Å²) in [6.45, 7) is 6.45. The first-order valence-corrected chi connectivity index (χ1v) is 9.58. The summed E-state index contributed by atoms with van der Waals surface area (Å²) in [6, 6.07) is 7.85. The summed E-state index contributed by atoms with van der Waals surface area (Å²) >= 11 is 0. The maximum absolute atomic E-state index is 11.9. The highest BCUT2D eigenvalue weighted by Crippen LogP contribution is 2.14. The van der Waals surface area contributed by atoms with E-state index < -0.39 is 0 Å². The molecule has 7 nitrogen and oxygen atoms in total. The number of carbonyl (C=O) groups excluding carboxylic acids is 1. The molecule has 1 amide bonds. The van der Waals surface area contributed by atoms with Crippen LogP contribution in [0.5, 0.6) is 0 Å². The van der Waals surface area contributed by atoms with Gasteiger partial charge in [0, 0.05) is 38.3 Å². The average molecular weight is 503 g/mol. The lowest BCUT2D eigenvalue weighted by molar-refractivity contribution is -0.116. The quantitative estimate of drug-likeness (QED) is 0.324. The fourth-order valence-electron chi connectivity index (χ4n) is 3.07. The van der Waals surface area contributed by atoms with E-state index in [9.17, 15) is 4.79 Å². The van der Waals surface area contributed by atoms with E-state index in [2.05, 4.69) is 29.5 Å². The minimum absolute atomic E-state index is 0. The molecule has 1 heterocycles. The Morgan fingerprint density at radius 2 is 2.11 bits per heavy atom. The molecule has 0 radical (unpaired) electrons. The second-order valence-electron chi connectivity index (χ2n) is 7.27. The van der Waals surface area contributed by atoms with Gasteiger partial charge < -0.3 is 25.2 Å². The molecule has 2 rings (SSSR count). The minimum Gasteiger partial charge on any atom is -0.381 e. The zero-order chi connectivity index (χ0) is 19.6. The highest BCUT2D eigenvalue weighted by atomic mass is 127. The highest BCUT2D eigenvalue weighted by molar-refractivity contribution is 14.0. The van der Waals surface area contributed by atoms with Gasteiger partial charge in [0.25, 0.3) is 0 Å². The van der Waals surface area contributed by atoms with Crippen molar-refractivity contribution in [3.8, 4) is 0 Å². The number of carbonyl (C=O) groups is 1. The molecule has 1 aliphatic heterocycles. The molecule has 0 aromatic heterocycles. The summed E-state index contributed by atoms with van der Waals surface area (Å²) in [4.78, 5) is 20.7. The van der Waals surface area contributed by atoms with Crippen LogP contribution in [0.4, 0.5) is 5.69 Å². The molecule has 8 heteroatoms. The van der Waals surface area contributed by atoms with E-state index in [-0.39, 0.29) is 29.9 Å². The summed E-state index contributed by atoms with van der Waals surface area (Å²) in [5.41, 5.74) is 1.86. The Kier molecular flexibility index (Phi) is 11.4. The number of hydrogen-bond acceptors (Lipinski definition) is 4. The van der Waals surface area contributed by atoms with Crippen molar-refractivity contribution in [1.29, 1.82) is 0 Å². The lowest BCUT2D eigenvalue weighted by atomic mass is 10.1. The molecule has 1 atom stereocenters. The van der Waals surface area contributed by atoms with Gasteiger partial charge in [-0.05, 0) is 45.1 Å². The number of rotatable bonds is 8. The number of halogens is 1. The number of nitrogens with one attached hydrogen (secondary N) is 2. The van der Waals surface area contributed by atoms with Crippen LogP contribution in [0.3, 0.4) is 0 Å². The van der Waals surface area contributed by atoms with Crippen LogP contribution in [0.1, 0.15) is 18.9 Å². The first kappa shape index (κ1) is 24.6. The van der Waals surface area contributed by atoms with Crippen molar-refractivity contribution < 1.29 is 9.53 Å². The van der Waals surface area contributed by atoms with Gasteiger partial charge in [0.15, 0.2) is 5.96 Å². The Balaban J connectivity index is 0.00000392. The van der Waals surface area contributed by atoms with E-state index in [1.807, 2.05) is 43.3 Å². The number of amides is 1. The normalized spacial score (nSPS) is 16.6. The molecule has 0 bridgehead atoms. The molecule has 1 saturated heterocycles. The van der Waals surface area contributed by atoms with Crippen LogP contribution in [0, 0.1) is 5.92 Å². The standard InChI is InChI=1S/C20H33N5O2.HI/c1-5-21-20(25(4)13-17-9-10-27-15-17)22-12-16-7-6-8-18(11-16)23-19(26)14-24(2)3;/h6-8,11,17H,5,9-10,12-15H2,1-4H3,(H,21,22)(H,23,26);1H. The minimum atomic E-state index is -0.0208. The van der Waals surface area contributed by atoms with Crippen molar-refractivity contribution in [2.24, 2.45) is 10.9 Å². The summed E-state index contributed by atoms with van der Waals surface area (Å²) < 4.78 is 5.47. The largest absolute Gasteiger partial charge is 0.381 e. The molecule has 0 spiro atoms. The first-order chi connectivity index (χ1) is 13.0. The van der Waals surface area contributed by atoms with Crippen molar-refractivity contribution in [2.45, 2.75) is 19.9 Å². The SMILES string of the molecule is CCNC(=NCc1cccc(NC(=O)CN(C)C)c1)N(C)CC1CCOC1.I. The van der Waals surface area contributed by atoms with Gasteiger partial charge in [-0.1, -0.05) is 12.1 Å². The number of anilines is 1. The van der Waals surface area contributed by atoms with E-state index in [0.29, 0.717) is 19.0 Å². The van der Waals surface area contributed by atoms with Crippen molar-refractivity contribution >= 4 is 41.5 Å². The van der Waals surface area contributed by atoms with E-state index in [4.69, 9.17) is 9.73 Å². The second-order valence-corrected chi connectivity index (χ2v) is 7.27. The lowest BCUT2D eigenvalue weighted by Gasteiger charge is -2.24. The van der Waals surface area contributed by atoms with E-state index >= 15 is 0 Å². The van der Waals surface area contributed by atoms with E-state index in [1.54, 1.807) is 0 Å². The van der Waals surface area contributed by atoms with Gasteiger partial charge in [-0.15, -0.1) is 24.0 Å². The highest BCUT2D eigenvalue weighted by Gasteiger charge is 2.19. The molecule has 1 aromatic rings. The third-order valence-corrected chi connectivity index (χ3v) is 4.33. The summed E-state index contributed by atoms with van der Waals surface area (Å²) in [7, 11) is 5.82. The summed E-state index contributed by atoms with van der Waals surface area (Å²) in [5.74, 6) is 1.44. The smallest absolute Gasteiger partial charge is 0.238 e. The zero-order valence-corrected chi connectivity index (χ0v) is 19.7. The van der Waals surface area contributed by atoms with Gasteiger partial charge >= 0.3 is 0 Å². The van der Waals surface area contributed by atoms with Gasteiger partial charge in [0.1, 0.15) is 0 Å². The van der Waals surface area contributed by atoms with Crippen LogP contribution in [0.25, 0.3) is 0 Å². The Bertz CT molecular complexity index is 633. The topological polar surface area (TPSA) is 69.2 Å². The van der Waals surface area contributed by atoms with Crippen molar-refractivity contribution in [2.75, 3.05) is 59.3 Å². The monoisotopic (exact) mass is 503 g/mol. The number of likely N-dealkylation sites (N-methyl/N-ethyl adjacent to an activating group) is 1. The molecule has 2 N–H and O–H groups in total. The van der Waals surface area contributed by atoms with Gasteiger partial charge in [-0.2, -0.15) is 0 Å². The molecule has 1 unspecified atom stereocenters. The number of guanidine groups is 1. The fourth-order valence-corrected chi connectivity index (χ4v) is 3.07. The predicted molar refractivity (Wildman–Crippen MR) is 125 cm³/mol. The Labute approximate surface area is 185 Å². The summed E-state index contributed by atoms with van der Waals surface area (Å²) in [5, 5.41) is 6.28. The number of nitrogens with zero attached hydrogens (tertiary/aromatic N) is 3. The van der Waals surface area contributed by atoms with Crippen LogP contribution in [0.15, 0.2) is 29.3 Å². The van der Waals surface area contributed by atoms with Crippen LogP contribution in [-0.4, -0.2) is 75.7 Å². The Hall–Kier alpha value is -1.39. The summed E-state index contributed by atoms with van der Waals surface area (Å²) in [6.07, 6.45) is 1.11.